The number of H-pyrrole nitrogens is 1. The molecule has 0 spiro atoms. The van der Waals surface area contributed by atoms with Gasteiger partial charge in [0.05, 0.1) is 11.7 Å². The van der Waals surface area contributed by atoms with Crippen LogP contribution in [0.5, 0.6) is 0 Å². The SMILES string of the molecule is Cc1cc(CC(NC(=O)N2CCC(N3Cc4ccccc4NC3=O)CC2)C(=O)NCCc2ccccc2)cc2cn[nH]c12. The van der Waals surface area contributed by atoms with Gasteiger partial charge in [0.2, 0.25) is 5.91 Å². The first-order valence-electron chi connectivity index (χ1n) is 14.9. The zero-order chi connectivity index (χ0) is 29.8. The largest absolute Gasteiger partial charge is 0.354 e. The number of nitrogens with zero attached hydrogens (tertiary/aromatic N) is 3. The fourth-order valence-electron chi connectivity index (χ4n) is 6.11. The number of para-hydroxylation sites is 1. The van der Waals surface area contributed by atoms with Crippen LogP contribution in [0.3, 0.4) is 0 Å². The van der Waals surface area contributed by atoms with Crippen molar-refractivity contribution in [1.82, 2.24) is 30.6 Å². The second-order valence-corrected chi connectivity index (χ2v) is 11.4. The van der Waals surface area contributed by atoms with Crippen LogP contribution < -0.4 is 16.0 Å². The molecule has 10 heteroatoms. The molecular weight excluding hydrogens is 542 g/mol. The fourth-order valence-corrected chi connectivity index (χ4v) is 6.11. The number of amides is 5. The highest BCUT2D eigenvalue weighted by atomic mass is 16.2. The van der Waals surface area contributed by atoms with Crippen LogP contribution in [0.1, 0.15) is 35.1 Å². The van der Waals surface area contributed by atoms with E-state index in [1.807, 2.05) is 78.6 Å². The molecule has 3 aromatic carbocycles. The Morgan fingerprint density at radius 2 is 1.79 bits per heavy atom. The third-order valence-electron chi connectivity index (χ3n) is 8.47. The number of urea groups is 2. The standard InChI is InChI=1S/C33H37N7O3/c1-22-17-24(18-26-20-35-38-30(22)26)19-29(31(41)34-14-11-23-7-3-2-4-8-23)37-32(42)39-15-12-27(13-16-39)40-21-25-9-5-6-10-28(25)36-33(40)43/h2-10,17-18,20,27,29H,11-16,19,21H2,1H3,(H,34,41)(H,35,38)(H,36,43)(H,37,42). The number of fused-ring (bicyclic) bond motifs is 2. The molecule has 3 heterocycles. The van der Waals surface area contributed by atoms with Crippen molar-refractivity contribution in [1.29, 1.82) is 0 Å². The van der Waals surface area contributed by atoms with Crippen LogP contribution >= 0.6 is 0 Å². The Kier molecular flexibility index (Phi) is 8.26. The Morgan fingerprint density at radius 3 is 2.60 bits per heavy atom. The number of aromatic amines is 1. The summed E-state index contributed by atoms with van der Waals surface area (Å²) in [7, 11) is 0. The average Bonchev–Trinajstić information content (AvgIpc) is 3.50. The summed E-state index contributed by atoms with van der Waals surface area (Å²) >= 11 is 0. The molecule has 4 N–H and O–H groups in total. The van der Waals surface area contributed by atoms with Gasteiger partial charge in [0, 0.05) is 49.7 Å². The van der Waals surface area contributed by atoms with Crippen molar-refractivity contribution >= 4 is 34.6 Å². The summed E-state index contributed by atoms with van der Waals surface area (Å²) in [6, 6.07) is 20.8. The molecule has 1 unspecified atom stereocenters. The monoisotopic (exact) mass is 579 g/mol. The molecule has 222 valence electrons. The van der Waals surface area contributed by atoms with Gasteiger partial charge in [-0.25, -0.2) is 9.59 Å². The van der Waals surface area contributed by atoms with E-state index in [2.05, 4.69) is 26.1 Å². The Labute approximate surface area is 250 Å². The molecule has 1 saturated heterocycles. The second-order valence-electron chi connectivity index (χ2n) is 11.4. The van der Waals surface area contributed by atoms with E-state index < -0.39 is 6.04 Å². The number of hydrogen-bond donors (Lipinski definition) is 4. The number of rotatable bonds is 8. The van der Waals surface area contributed by atoms with Gasteiger partial charge < -0.3 is 25.8 Å². The highest BCUT2D eigenvalue weighted by Gasteiger charge is 2.33. The molecule has 1 atom stereocenters. The number of carbonyl (C=O) groups is 3. The number of likely N-dealkylation sites (tertiary alicyclic amines) is 1. The van der Waals surface area contributed by atoms with Gasteiger partial charge in [-0.15, -0.1) is 0 Å². The number of aromatic nitrogens is 2. The molecule has 2 aliphatic heterocycles. The molecule has 4 aromatic rings. The summed E-state index contributed by atoms with van der Waals surface area (Å²) in [6.45, 7) is 4.05. The molecule has 6 rings (SSSR count). The van der Waals surface area contributed by atoms with Crippen molar-refractivity contribution < 1.29 is 14.4 Å². The van der Waals surface area contributed by atoms with Gasteiger partial charge in [-0.05, 0) is 60.6 Å². The minimum Gasteiger partial charge on any atom is -0.354 e. The Bertz CT molecular complexity index is 1610. The van der Waals surface area contributed by atoms with Crippen LogP contribution in [0.2, 0.25) is 0 Å². The Hall–Kier alpha value is -4.86. The van der Waals surface area contributed by atoms with Crippen molar-refractivity contribution in [3.8, 4) is 0 Å². The topological polar surface area (TPSA) is 122 Å². The first kappa shape index (κ1) is 28.3. The van der Waals surface area contributed by atoms with E-state index in [0.29, 0.717) is 51.9 Å². The van der Waals surface area contributed by atoms with E-state index in [0.717, 1.165) is 38.8 Å². The van der Waals surface area contributed by atoms with E-state index in [1.165, 1.54) is 0 Å². The van der Waals surface area contributed by atoms with Crippen LogP contribution in [0.25, 0.3) is 10.9 Å². The van der Waals surface area contributed by atoms with Crippen molar-refractivity contribution in [2.75, 3.05) is 25.0 Å². The van der Waals surface area contributed by atoms with Crippen LogP contribution in [0, 0.1) is 6.92 Å². The molecule has 0 aliphatic carbocycles. The van der Waals surface area contributed by atoms with Gasteiger partial charge in [-0.3, -0.25) is 9.89 Å². The highest BCUT2D eigenvalue weighted by Crippen LogP contribution is 2.27. The normalized spacial score (nSPS) is 16.0. The van der Waals surface area contributed by atoms with Crippen LogP contribution in [-0.4, -0.2) is 69.7 Å². The maximum atomic E-state index is 13.5. The summed E-state index contributed by atoms with van der Waals surface area (Å²) in [5.74, 6) is -0.215. The fraction of sp³-hybridized carbons (Fsp3) is 0.333. The second kappa shape index (κ2) is 12.6. The van der Waals surface area contributed by atoms with Gasteiger partial charge >= 0.3 is 12.1 Å². The summed E-state index contributed by atoms with van der Waals surface area (Å²) in [5.41, 5.74) is 6.03. The molecule has 2 aliphatic rings. The third-order valence-corrected chi connectivity index (χ3v) is 8.47. The summed E-state index contributed by atoms with van der Waals surface area (Å²) < 4.78 is 0. The zero-order valence-corrected chi connectivity index (χ0v) is 24.3. The molecule has 1 fully saturated rings. The minimum atomic E-state index is -0.742. The summed E-state index contributed by atoms with van der Waals surface area (Å²) in [4.78, 5) is 43.3. The predicted octanol–water partition coefficient (Wildman–Crippen LogP) is 4.36. The van der Waals surface area contributed by atoms with Crippen LogP contribution in [0.15, 0.2) is 72.9 Å². The quantitative estimate of drug-likeness (QED) is 0.248. The van der Waals surface area contributed by atoms with E-state index in [-0.39, 0.29) is 24.0 Å². The van der Waals surface area contributed by atoms with Gasteiger partial charge in [-0.1, -0.05) is 54.6 Å². The molecule has 1 aromatic heterocycles. The van der Waals surface area contributed by atoms with Crippen molar-refractivity contribution in [3.63, 3.8) is 0 Å². The molecule has 10 nitrogen and oxygen atoms in total. The molecule has 43 heavy (non-hydrogen) atoms. The maximum absolute atomic E-state index is 13.5. The van der Waals surface area contributed by atoms with Crippen molar-refractivity contribution in [2.24, 2.45) is 0 Å². The maximum Gasteiger partial charge on any atom is 0.322 e. The molecule has 0 bridgehead atoms. The van der Waals surface area contributed by atoms with E-state index in [9.17, 15) is 14.4 Å². The number of carbonyl (C=O) groups excluding carboxylic acids is 3. The Morgan fingerprint density at radius 1 is 1.02 bits per heavy atom. The lowest BCUT2D eigenvalue weighted by Gasteiger charge is -2.40. The first-order chi connectivity index (χ1) is 20.9. The lowest BCUT2D eigenvalue weighted by Crippen LogP contribution is -2.56. The van der Waals surface area contributed by atoms with E-state index >= 15 is 0 Å². The number of benzene rings is 3. The number of piperidine rings is 1. The van der Waals surface area contributed by atoms with Crippen molar-refractivity contribution in [3.05, 3.63) is 95.2 Å². The third kappa shape index (κ3) is 6.48. The first-order valence-corrected chi connectivity index (χ1v) is 14.9. The zero-order valence-electron chi connectivity index (χ0n) is 24.3. The number of anilines is 1. The van der Waals surface area contributed by atoms with Crippen molar-refractivity contribution in [2.45, 2.75) is 51.2 Å². The van der Waals surface area contributed by atoms with Gasteiger partial charge in [0.15, 0.2) is 0 Å². The minimum absolute atomic E-state index is 0.0409. The molecule has 5 amide bonds. The summed E-state index contributed by atoms with van der Waals surface area (Å²) in [5, 5.41) is 17.2. The number of hydrogen-bond acceptors (Lipinski definition) is 4. The molecule has 0 radical (unpaired) electrons. The van der Waals surface area contributed by atoms with Gasteiger partial charge in [0.25, 0.3) is 0 Å². The lowest BCUT2D eigenvalue weighted by atomic mass is 10.00. The van der Waals surface area contributed by atoms with Crippen LogP contribution in [-0.2, 0) is 24.2 Å². The molecular formula is C33H37N7O3. The van der Waals surface area contributed by atoms with E-state index in [4.69, 9.17) is 0 Å². The lowest BCUT2D eigenvalue weighted by molar-refractivity contribution is -0.122. The van der Waals surface area contributed by atoms with E-state index in [1.54, 1.807) is 11.1 Å². The Balaban J connectivity index is 1.10. The highest BCUT2D eigenvalue weighted by molar-refractivity contribution is 5.92. The number of aryl methyl sites for hydroxylation is 1. The predicted molar refractivity (Wildman–Crippen MR) is 166 cm³/mol. The van der Waals surface area contributed by atoms with Crippen LogP contribution in [0.4, 0.5) is 15.3 Å². The smallest absolute Gasteiger partial charge is 0.322 e. The van der Waals surface area contributed by atoms with Gasteiger partial charge in [-0.2, -0.15) is 5.10 Å². The average molecular weight is 580 g/mol. The van der Waals surface area contributed by atoms with Gasteiger partial charge in [0.1, 0.15) is 6.04 Å². The summed E-state index contributed by atoms with van der Waals surface area (Å²) in [6.07, 6.45) is 4.18. The number of nitrogens with one attached hydrogen (secondary N) is 4. The molecule has 0 saturated carbocycles.